The Bertz CT molecular complexity index is 279. The van der Waals surface area contributed by atoms with E-state index in [-0.39, 0.29) is 6.61 Å². The topological polar surface area (TPSA) is 33.0 Å². The molecule has 0 aliphatic heterocycles. The second-order valence-electron chi connectivity index (χ2n) is 2.60. The van der Waals surface area contributed by atoms with Crippen LogP contribution in [0.25, 0.3) is 0 Å². The van der Waals surface area contributed by atoms with Crippen molar-refractivity contribution in [1.82, 2.24) is 0 Å². The van der Waals surface area contributed by atoms with E-state index in [0.717, 1.165) is 12.2 Å². The van der Waals surface area contributed by atoms with Crippen LogP contribution in [0.4, 0.5) is 0 Å². The van der Waals surface area contributed by atoms with E-state index in [0.29, 0.717) is 0 Å². The number of hydrogen-bond donors (Lipinski definition) is 0. The molecule has 12 heavy (non-hydrogen) atoms. The van der Waals surface area contributed by atoms with Crippen molar-refractivity contribution in [3.05, 3.63) is 35.6 Å². The Labute approximate surface area is 72.5 Å². The summed E-state index contributed by atoms with van der Waals surface area (Å²) < 4.78 is 5.16. The van der Waals surface area contributed by atoms with Gasteiger partial charge in [0.15, 0.2) is 6.61 Å². The van der Waals surface area contributed by atoms with Crippen LogP contribution in [0.1, 0.15) is 13.3 Å². The molecule has 0 heterocycles. The Morgan fingerprint density at radius 1 is 1.58 bits per heavy atom. The van der Waals surface area contributed by atoms with Crippen LogP contribution in [-0.4, -0.2) is 6.61 Å². The lowest BCUT2D eigenvalue weighted by atomic mass is 10.3. The van der Waals surface area contributed by atoms with Gasteiger partial charge < -0.3 is 4.74 Å². The van der Waals surface area contributed by atoms with Crippen molar-refractivity contribution in [2.24, 2.45) is 0 Å². The number of nitrogens with zero attached hydrogens (tertiary/aromatic N) is 1. The summed E-state index contributed by atoms with van der Waals surface area (Å²) in [6.07, 6.45) is 8.74. The van der Waals surface area contributed by atoms with Gasteiger partial charge in [0.2, 0.25) is 0 Å². The summed E-state index contributed by atoms with van der Waals surface area (Å²) in [6, 6.07) is 1.94. The molecule has 0 N–H and O–H groups in total. The smallest absolute Gasteiger partial charge is 0.174 e. The molecule has 0 aromatic rings. The first-order valence-corrected chi connectivity index (χ1v) is 3.86. The maximum absolute atomic E-state index is 8.28. The zero-order chi connectivity index (χ0) is 8.81. The second kappa shape index (κ2) is 4.40. The molecular formula is C10H11NO. The van der Waals surface area contributed by atoms with Gasteiger partial charge in [-0.2, -0.15) is 5.26 Å². The first-order valence-electron chi connectivity index (χ1n) is 3.86. The Balaban J connectivity index is 2.57. The Morgan fingerprint density at radius 2 is 2.42 bits per heavy atom. The highest BCUT2D eigenvalue weighted by Crippen LogP contribution is 2.11. The lowest BCUT2D eigenvalue weighted by molar-refractivity contribution is 0.247. The molecule has 1 aliphatic rings. The van der Waals surface area contributed by atoms with Gasteiger partial charge in [-0.15, -0.1) is 0 Å². The summed E-state index contributed by atoms with van der Waals surface area (Å²) in [6.45, 7) is 2.16. The molecule has 0 spiro atoms. The third kappa shape index (κ3) is 2.63. The minimum Gasteiger partial charge on any atom is -0.483 e. The van der Waals surface area contributed by atoms with Crippen molar-refractivity contribution < 1.29 is 4.74 Å². The molecule has 0 bridgehead atoms. The minimum atomic E-state index is 0.132. The fraction of sp³-hybridized carbons (Fsp3) is 0.300. The first-order chi connectivity index (χ1) is 5.83. The van der Waals surface area contributed by atoms with Gasteiger partial charge in [0, 0.05) is 6.42 Å². The Hall–Kier alpha value is -1.49. The van der Waals surface area contributed by atoms with E-state index in [1.165, 1.54) is 5.57 Å². The Kier molecular flexibility index (Phi) is 3.16. The number of rotatable bonds is 2. The zero-order valence-electron chi connectivity index (χ0n) is 7.08. The molecule has 0 unspecified atom stereocenters. The quantitative estimate of drug-likeness (QED) is 0.622. The van der Waals surface area contributed by atoms with Gasteiger partial charge in [-0.1, -0.05) is 23.8 Å². The van der Waals surface area contributed by atoms with Crippen molar-refractivity contribution in [3.8, 4) is 6.07 Å². The summed E-state index contributed by atoms with van der Waals surface area (Å²) in [5.74, 6) is 0.852. The van der Waals surface area contributed by atoms with Gasteiger partial charge in [0.05, 0.1) is 0 Å². The largest absolute Gasteiger partial charge is 0.483 e. The third-order valence-electron chi connectivity index (χ3n) is 1.55. The molecule has 0 amide bonds. The van der Waals surface area contributed by atoms with Crippen LogP contribution in [0.15, 0.2) is 35.6 Å². The number of ether oxygens (including phenoxy) is 1. The van der Waals surface area contributed by atoms with Crippen LogP contribution >= 0.6 is 0 Å². The lowest BCUT2D eigenvalue weighted by Crippen LogP contribution is -1.90. The van der Waals surface area contributed by atoms with E-state index in [1.54, 1.807) is 0 Å². The maximum atomic E-state index is 8.28. The van der Waals surface area contributed by atoms with Gasteiger partial charge in [-0.05, 0) is 13.0 Å². The van der Waals surface area contributed by atoms with E-state index < -0.39 is 0 Å². The molecule has 62 valence electrons. The standard InChI is InChI=1S/C10H11NO/c1-9-3-2-4-10(6-5-9)12-8-7-11/h2-3,5-6H,4,8H2,1H3. The molecule has 1 aliphatic carbocycles. The van der Waals surface area contributed by atoms with Gasteiger partial charge in [-0.25, -0.2) is 0 Å². The monoisotopic (exact) mass is 161 g/mol. The van der Waals surface area contributed by atoms with Crippen molar-refractivity contribution in [1.29, 1.82) is 5.26 Å². The van der Waals surface area contributed by atoms with Crippen molar-refractivity contribution >= 4 is 0 Å². The number of nitriles is 1. The van der Waals surface area contributed by atoms with E-state index in [4.69, 9.17) is 10.00 Å². The van der Waals surface area contributed by atoms with Crippen LogP contribution in [-0.2, 0) is 4.74 Å². The molecule has 0 aromatic carbocycles. The molecule has 2 heteroatoms. The molecule has 0 saturated heterocycles. The van der Waals surface area contributed by atoms with Crippen LogP contribution in [0.3, 0.4) is 0 Å². The van der Waals surface area contributed by atoms with Crippen LogP contribution < -0.4 is 0 Å². The second-order valence-corrected chi connectivity index (χ2v) is 2.60. The van der Waals surface area contributed by atoms with Crippen molar-refractivity contribution in [2.45, 2.75) is 13.3 Å². The van der Waals surface area contributed by atoms with Crippen molar-refractivity contribution in [2.75, 3.05) is 6.61 Å². The van der Waals surface area contributed by atoms with Crippen LogP contribution in [0.2, 0.25) is 0 Å². The number of allylic oxidation sites excluding steroid dienone is 5. The predicted octanol–water partition coefficient (Wildman–Crippen LogP) is 2.32. The predicted molar refractivity (Wildman–Crippen MR) is 47.2 cm³/mol. The summed E-state index contributed by atoms with van der Waals surface area (Å²) in [5, 5.41) is 8.28. The van der Waals surface area contributed by atoms with E-state index in [1.807, 2.05) is 37.3 Å². The van der Waals surface area contributed by atoms with Crippen LogP contribution in [0.5, 0.6) is 0 Å². The molecular weight excluding hydrogens is 150 g/mol. The molecule has 0 aromatic heterocycles. The van der Waals surface area contributed by atoms with E-state index >= 15 is 0 Å². The van der Waals surface area contributed by atoms with Gasteiger partial charge in [0.25, 0.3) is 0 Å². The molecule has 0 radical (unpaired) electrons. The SMILES string of the molecule is CC1=CC=C(OCC#N)CC=C1. The molecule has 0 fully saturated rings. The van der Waals surface area contributed by atoms with Gasteiger partial charge in [-0.3, -0.25) is 0 Å². The minimum absolute atomic E-state index is 0.132. The molecule has 1 rings (SSSR count). The number of hydrogen-bond acceptors (Lipinski definition) is 2. The van der Waals surface area contributed by atoms with E-state index in [9.17, 15) is 0 Å². The third-order valence-corrected chi connectivity index (χ3v) is 1.55. The molecule has 2 nitrogen and oxygen atoms in total. The fourth-order valence-electron chi connectivity index (χ4n) is 0.941. The zero-order valence-corrected chi connectivity index (χ0v) is 7.08. The highest BCUT2D eigenvalue weighted by molar-refractivity contribution is 5.27. The Morgan fingerprint density at radius 3 is 3.17 bits per heavy atom. The van der Waals surface area contributed by atoms with Gasteiger partial charge in [0.1, 0.15) is 11.8 Å². The van der Waals surface area contributed by atoms with Gasteiger partial charge >= 0.3 is 0 Å². The summed E-state index contributed by atoms with van der Waals surface area (Å²) >= 11 is 0. The van der Waals surface area contributed by atoms with E-state index in [2.05, 4.69) is 0 Å². The highest BCUT2D eigenvalue weighted by atomic mass is 16.5. The highest BCUT2D eigenvalue weighted by Gasteiger charge is 1.96. The summed E-state index contributed by atoms with van der Waals surface area (Å²) in [5.41, 5.74) is 1.20. The molecule has 0 atom stereocenters. The fourth-order valence-corrected chi connectivity index (χ4v) is 0.941. The van der Waals surface area contributed by atoms with Crippen LogP contribution in [0, 0.1) is 11.3 Å². The average molecular weight is 161 g/mol. The summed E-state index contributed by atoms with van der Waals surface area (Å²) in [4.78, 5) is 0. The summed E-state index contributed by atoms with van der Waals surface area (Å²) in [7, 11) is 0. The maximum Gasteiger partial charge on any atom is 0.174 e. The van der Waals surface area contributed by atoms with Crippen molar-refractivity contribution in [3.63, 3.8) is 0 Å². The average Bonchev–Trinajstić information content (AvgIpc) is 2.27. The lowest BCUT2D eigenvalue weighted by Gasteiger charge is -2.01. The molecule has 0 saturated carbocycles. The first kappa shape index (κ1) is 8.61. The normalized spacial score (nSPS) is 15.7.